The van der Waals surface area contributed by atoms with E-state index in [0.29, 0.717) is 18.1 Å². The molecular weight excluding hydrogens is 404 g/mol. The predicted octanol–water partition coefficient (Wildman–Crippen LogP) is 2.70. The number of hydrogen-bond acceptors (Lipinski definition) is 6. The van der Waals surface area contributed by atoms with Gasteiger partial charge in [-0.2, -0.15) is 0 Å². The third-order valence-electron chi connectivity index (χ3n) is 5.35. The van der Waals surface area contributed by atoms with Gasteiger partial charge in [0.05, 0.1) is 17.8 Å². The van der Waals surface area contributed by atoms with Crippen molar-refractivity contribution in [3.8, 4) is 11.3 Å². The normalized spacial score (nSPS) is 12.8. The molecule has 0 aliphatic carbocycles. The topological polar surface area (TPSA) is 90.5 Å². The van der Waals surface area contributed by atoms with Crippen LogP contribution in [0.1, 0.15) is 15.9 Å². The Morgan fingerprint density at radius 3 is 2.62 bits per heavy atom. The molecule has 0 radical (unpaired) electrons. The Morgan fingerprint density at radius 2 is 1.88 bits per heavy atom. The maximum absolute atomic E-state index is 12.5. The Labute approximate surface area is 187 Å². The van der Waals surface area contributed by atoms with E-state index >= 15 is 0 Å². The summed E-state index contributed by atoms with van der Waals surface area (Å²) in [6.07, 6.45) is 1.95. The number of anilines is 3. The van der Waals surface area contributed by atoms with Gasteiger partial charge in [-0.1, -0.05) is 18.2 Å². The van der Waals surface area contributed by atoms with Gasteiger partial charge < -0.3 is 20.4 Å². The van der Waals surface area contributed by atoms with Crippen LogP contribution in [0.3, 0.4) is 0 Å². The summed E-state index contributed by atoms with van der Waals surface area (Å²) in [5.41, 5.74) is 4.61. The first-order valence-corrected chi connectivity index (χ1v) is 10.4. The fraction of sp³-hybridized carbons (Fsp3) is 0.250. The summed E-state index contributed by atoms with van der Waals surface area (Å²) in [6.45, 7) is 1.37. The molecule has 0 atom stereocenters. The van der Waals surface area contributed by atoms with Crippen molar-refractivity contribution >= 4 is 29.1 Å². The van der Waals surface area contributed by atoms with Crippen LogP contribution >= 0.6 is 0 Å². The van der Waals surface area contributed by atoms with Gasteiger partial charge in [0.2, 0.25) is 11.9 Å². The molecule has 0 fully saturated rings. The van der Waals surface area contributed by atoms with Crippen LogP contribution in [0.5, 0.6) is 0 Å². The van der Waals surface area contributed by atoms with E-state index in [4.69, 9.17) is 4.98 Å². The Balaban J connectivity index is 1.53. The summed E-state index contributed by atoms with van der Waals surface area (Å²) in [5.74, 6) is 0.323. The Kier molecular flexibility index (Phi) is 6.13. The smallest absolute Gasteiger partial charge is 0.251 e. The van der Waals surface area contributed by atoms with E-state index in [0.717, 1.165) is 34.7 Å². The lowest BCUT2D eigenvalue weighted by Gasteiger charge is -2.16. The number of carbonyl (C=O) groups excluding carboxylic acids is 2. The second kappa shape index (κ2) is 9.15. The Hall–Kier alpha value is -3.78. The van der Waals surface area contributed by atoms with Gasteiger partial charge >= 0.3 is 0 Å². The van der Waals surface area contributed by atoms with Crippen LogP contribution in [0.2, 0.25) is 0 Å². The summed E-state index contributed by atoms with van der Waals surface area (Å²) in [6, 6.07) is 14.9. The van der Waals surface area contributed by atoms with Gasteiger partial charge in [-0.05, 0) is 44.4 Å². The van der Waals surface area contributed by atoms with E-state index in [-0.39, 0.29) is 18.2 Å². The molecule has 2 heterocycles. The monoisotopic (exact) mass is 430 g/mol. The molecule has 8 nitrogen and oxygen atoms in total. The first-order chi connectivity index (χ1) is 15.4. The molecule has 3 aromatic rings. The molecule has 0 spiro atoms. The fourth-order valence-corrected chi connectivity index (χ4v) is 3.54. The van der Waals surface area contributed by atoms with Gasteiger partial charge in [0.1, 0.15) is 0 Å². The highest BCUT2D eigenvalue weighted by Crippen LogP contribution is 2.35. The number of rotatable bonds is 6. The lowest BCUT2D eigenvalue weighted by atomic mass is 10.1. The quantitative estimate of drug-likeness (QED) is 0.625. The number of nitrogens with zero attached hydrogens (tertiary/aromatic N) is 4. The molecule has 2 N–H and O–H groups in total. The zero-order chi connectivity index (χ0) is 22.7. The van der Waals surface area contributed by atoms with Crippen LogP contribution in [-0.4, -0.2) is 60.9 Å². The largest absolute Gasteiger partial charge is 0.351 e. The molecule has 1 aliphatic heterocycles. The molecule has 32 heavy (non-hydrogen) atoms. The third-order valence-corrected chi connectivity index (χ3v) is 5.35. The number of carbonyl (C=O) groups is 2. The zero-order valence-corrected chi connectivity index (χ0v) is 18.4. The minimum absolute atomic E-state index is 0.0000405. The molecule has 2 amide bonds. The maximum Gasteiger partial charge on any atom is 0.251 e. The zero-order valence-electron chi connectivity index (χ0n) is 18.4. The summed E-state index contributed by atoms with van der Waals surface area (Å²) >= 11 is 0. The third kappa shape index (κ3) is 4.60. The highest BCUT2D eigenvalue weighted by Gasteiger charge is 2.24. The molecule has 0 unspecified atom stereocenters. The second-order valence-corrected chi connectivity index (χ2v) is 7.98. The number of amides is 2. The first-order valence-electron chi connectivity index (χ1n) is 10.4. The molecule has 0 saturated heterocycles. The number of hydrogen-bond donors (Lipinski definition) is 2. The van der Waals surface area contributed by atoms with Crippen LogP contribution in [0, 0.1) is 0 Å². The van der Waals surface area contributed by atoms with Gasteiger partial charge in [-0.25, -0.2) is 9.97 Å². The van der Waals surface area contributed by atoms with E-state index in [9.17, 15) is 9.59 Å². The average Bonchev–Trinajstić information content (AvgIpc) is 2.89. The molecule has 1 aromatic heterocycles. The van der Waals surface area contributed by atoms with Gasteiger partial charge in [-0.3, -0.25) is 9.59 Å². The molecule has 8 heteroatoms. The lowest BCUT2D eigenvalue weighted by molar-refractivity contribution is -0.117. The van der Waals surface area contributed by atoms with E-state index in [1.54, 1.807) is 30.3 Å². The van der Waals surface area contributed by atoms with Gasteiger partial charge in [0, 0.05) is 48.7 Å². The van der Waals surface area contributed by atoms with Crippen LogP contribution in [0.15, 0.2) is 54.7 Å². The fourth-order valence-electron chi connectivity index (χ4n) is 3.54. The van der Waals surface area contributed by atoms with E-state index in [1.165, 1.54) is 0 Å². The van der Waals surface area contributed by atoms with Crippen molar-refractivity contribution in [3.63, 3.8) is 0 Å². The Bertz CT molecular complexity index is 1140. The average molecular weight is 431 g/mol. The standard InChI is InChI=1S/C24H26N6O2/c1-29(2)13-12-25-23(32)16-8-10-18(11-9-16)27-24-26-15-17-14-21(31)30(3)20-7-5-4-6-19(20)22(17)28-24/h4-11,15H,12-14H2,1-3H3,(H,25,32)(H,26,27,28). The van der Waals surface area contributed by atoms with Crippen molar-refractivity contribution in [1.82, 2.24) is 20.2 Å². The predicted molar refractivity (Wildman–Crippen MR) is 125 cm³/mol. The molecule has 164 valence electrons. The molecule has 1 aliphatic rings. The lowest BCUT2D eigenvalue weighted by Crippen LogP contribution is -2.31. The molecule has 0 saturated carbocycles. The maximum atomic E-state index is 12.5. The molecule has 4 rings (SSSR count). The first kappa shape index (κ1) is 21.5. The number of aromatic nitrogens is 2. The van der Waals surface area contributed by atoms with Crippen molar-refractivity contribution in [2.75, 3.05) is 44.4 Å². The van der Waals surface area contributed by atoms with Crippen molar-refractivity contribution in [2.45, 2.75) is 6.42 Å². The van der Waals surface area contributed by atoms with Crippen molar-refractivity contribution < 1.29 is 9.59 Å². The summed E-state index contributed by atoms with van der Waals surface area (Å²) in [4.78, 5) is 37.6. The highest BCUT2D eigenvalue weighted by atomic mass is 16.2. The van der Waals surface area contributed by atoms with Crippen LogP contribution in [-0.2, 0) is 11.2 Å². The van der Waals surface area contributed by atoms with Gasteiger partial charge in [-0.15, -0.1) is 0 Å². The van der Waals surface area contributed by atoms with Crippen molar-refractivity contribution in [1.29, 1.82) is 0 Å². The SMILES string of the molecule is CN(C)CCNC(=O)c1ccc(Nc2ncc3c(n2)-c2ccccc2N(C)C(=O)C3)cc1. The molecule has 0 bridgehead atoms. The number of nitrogens with one attached hydrogen (secondary N) is 2. The number of likely N-dealkylation sites (N-methyl/N-ethyl adjacent to an activating group) is 2. The molecular formula is C24H26N6O2. The van der Waals surface area contributed by atoms with E-state index in [1.807, 2.05) is 55.4 Å². The summed E-state index contributed by atoms with van der Waals surface area (Å²) in [5, 5.41) is 6.09. The minimum atomic E-state index is -0.106. The second-order valence-electron chi connectivity index (χ2n) is 7.98. The van der Waals surface area contributed by atoms with Crippen molar-refractivity contribution in [3.05, 3.63) is 65.9 Å². The summed E-state index contributed by atoms with van der Waals surface area (Å²) in [7, 11) is 5.70. The van der Waals surface area contributed by atoms with Gasteiger partial charge in [0.25, 0.3) is 5.91 Å². The van der Waals surface area contributed by atoms with Gasteiger partial charge in [0.15, 0.2) is 0 Å². The summed E-state index contributed by atoms with van der Waals surface area (Å²) < 4.78 is 0. The van der Waals surface area contributed by atoms with Crippen LogP contribution in [0.25, 0.3) is 11.3 Å². The molecule has 2 aromatic carbocycles. The van der Waals surface area contributed by atoms with Crippen LogP contribution < -0.4 is 15.5 Å². The number of fused-ring (bicyclic) bond motifs is 3. The Morgan fingerprint density at radius 1 is 1.12 bits per heavy atom. The van der Waals surface area contributed by atoms with E-state index < -0.39 is 0 Å². The minimum Gasteiger partial charge on any atom is -0.351 e. The highest BCUT2D eigenvalue weighted by molar-refractivity contribution is 6.01. The van der Waals surface area contributed by atoms with Crippen LogP contribution in [0.4, 0.5) is 17.3 Å². The number of benzene rings is 2. The van der Waals surface area contributed by atoms with Crippen molar-refractivity contribution in [2.24, 2.45) is 0 Å². The number of para-hydroxylation sites is 1. The van der Waals surface area contributed by atoms with E-state index in [2.05, 4.69) is 15.6 Å².